The summed E-state index contributed by atoms with van der Waals surface area (Å²) in [6, 6.07) is 39.5. The average Bonchev–Trinajstić information content (AvgIpc) is 3.73. The van der Waals surface area contributed by atoms with Gasteiger partial charge >= 0.3 is 0 Å². The van der Waals surface area contributed by atoms with Crippen molar-refractivity contribution in [1.82, 2.24) is 14.1 Å². The summed E-state index contributed by atoms with van der Waals surface area (Å²) in [5.41, 5.74) is 15.7. The Bertz CT molecular complexity index is 2760. The molecule has 0 saturated carbocycles. The van der Waals surface area contributed by atoms with Gasteiger partial charge in [-0.05, 0) is 71.8 Å². The SMILES string of the molecule is Cc1ccc2c(oc3nc4c5ccccc5n(C)c4cc32)c1-c1n(-c2c(C(C)C)cc(-c3ccccc3)cc2C(C)C)c2ccccc2[n+]1C. The van der Waals surface area contributed by atoms with Crippen LogP contribution in [0.3, 0.4) is 0 Å². The van der Waals surface area contributed by atoms with E-state index in [2.05, 4.69) is 172 Å². The van der Waals surface area contributed by atoms with Crippen LogP contribution in [0.1, 0.15) is 56.2 Å². The van der Waals surface area contributed by atoms with Crippen molar-refractivity contribution in [3.63, 3.8) is 0 Å². The number of nitrogens with zero attached hydrogens (tertiary/aromatic N) is 4. The van der Waals surface area contributed by atoms with Gasteiger partial charge in [0.05, 0.1) is 23.5 Å². The Labute approximate surface area is 292 Å². The molecule has 0 spiro atoms. The molecule has 0 aliphatic heterocycles. The molecule has 9 aromatic rings. The molecule has 0 aliphatic rings. The van der Waals surface area contributed by atoms with Crippen LogP contribution >= 0.6 is 0 Å². The minimum absolute atomic E-state index is 0.292. The molecule has 5 nitrogen and oxygen atoms in total. The van der Waals surface area contributed by atoms with Gasteiger partial charge in [0, 0.05) is 28.9 Å². The molecule has 0 N–H and O–H groups in total. The molecule has 0 atom stereocenters. The summed E-state index contributed by atoms with van der Waals surface area (Å²) < 4.78 is 14.0. The lowest BCUT2D eigenvalue weighted by atomic mass is 9.88. The number of rotatable bonds is 5. The van der Waals surface area contributed by atoms with Crippen molar-refractivity contribution in [2.24, 2.45) is 14.1 Å². The highest BCUT2D eigenvalue weighted by atomic mass is 16.3. The van der Waals surface area contributed by atoms with Crippen LogP contribution in [0.4, 0.5) is 0 Å². The summed E-state index contributed by atoms with van der Waals surface area (Å²) in [6.45, 7) is 11.5. The summed E-state index contributed by atoms with van der Waals surface area (Å²) >= 11 is 0. The van der Waals surface area contributed by atoms with E-state index in [0.717, 1.165) is 49.7 Å². The molecule has 0 aliphatic carbocycles. The van der Waals surface area contributed by atoms with E-state index >= 15 is 0 Å². The number of aryl methyl sites for hydroxylation is 3. The Kier molecular flexibility index (Phi) is 6.79. The predicted octanol–water partition coefficient (Wildman–Crippen LogP) is 11.3. The predicted molar refractivity (Wildman–Crippen MR) is 207 cm³/mol. The van der Waals surface area contributed by atoms with E-state index in [-0.39, 0.29) is 0 Å². The molecule has 0 amide bonds. The summed E-state index contributed by atoms with van der Waals surface area (Å²) in [4.78, 5) is 5.19. The van der Waals surface area contributed by atoms with Gasteiger partial charge in [-0.2, -0.15) is 4.57 Å². The molecule has 0 radical (unpaired) electrons. The Morgan fingerprint density at radius 2 is 1.32 bits per heavy atom. The minimum Gasteiger partial charge on any atom is -0.437 e. The zero-order valence-electron chi connectivity index (χ0n) is 29.7. The summed E-state index contributed by atoms with van der Waals surface area (Å²) in [5.74, 6) is 1.68. The second-order valence-electron chi connectivity index (χ2n) is 14.4. The third-order valence-electron chi connectivity index (χ3n) is 10.7. The summed E-state index contributed by atoms with van der Waals surface area (Å²) in [7, 11) is 4.31. The van der Waals surface area contributed by atoms with Gasteiger partial charge in [0.1, 0.15) is 16.8 Å². The van der Waals surface area contributed by atoms with Crippen LogP contribution in [-0.2, 0) is 14.1 Å². The van der Waals surface area contributed by atoms with Gasteiger partial charge in [0.2, 0.25) is 5.71 Å². The molecule has 9 rings (SSSR count). The van der Waals surface area contributed by atoms with Gasteiger partial charge in [-0.1, -0.05) is 100 Å². The Balaban J connectivity index is 1.40. The molecule has 5 heteroatoms. The molecule has 0 bridgehead atoms. The first-order valence-electron chi connectivity index (χ1n) is 17.7. The highest BCUT2D eigenvalue weighted by Gasteiger charge is 2.34. The highest BCUT2D eigenvalue weighted by Crippen LogP contribution is 2.43. The third-order valence-corrected chi connectivity index (χ3v) is 10.7. The second kappa shape index (κ2) is 11.2. The first kappa shape index (κ1) is 30.4. The number of hydrogen-bond acceptors (Lipinski definition) is 2. The van der Waals surface area contributed by atoms with Gasteiger partial charge in [0.25, 0.3) is 5.82 Å². The fourth-order valence-corrected chi connectivity index (χ4v) is 8.12. The number of aromatic nitrogens is 4. The van der Waals surface area contributed by atoms with Gasteiger partial charge in [-0.25, -0.2) is 9.55 Å². The van der Waals surface area contributed by atoms with Gasteiger partial charge in [-0.15, -0.1) is 0 Å². The van der Waals surface area contributed by atoms with Crippen molar-refractivity contribution >= 4 is 55.0 Å². The van der Waals surface area contributed by atoms with Crippen LogP contribution in [-0.4, -0.2) is 14.1 Å². The Hall–Kier alpha value is -5.68. The van der Waals surface area contributed by atoms with Crippen LogP contribution in [0.15, 0.2) is 114 Å². The zero-order chi connectivity index (χ0) is 34.4. The van der Waals surface area contributed by atoms with Crippen molar-refractivity contribution in [1.29, 1.82) is 0 Å². The lowest BCUT2D eigenvalue weighted by molar-refractivity contribution is -0.633. The zero-order valence-corrected chi connectivity index (χ0v) is 29.7. The van der Waals surface area contributed by atoms with Gasteiger partial charge in [0.15, 0.2) is 16.6 Å². The Morgan fingerprint density at radius 3 is 2.04 bits per heavy atom. The van der Waals surface area contributed by atoms with Crippen molar-refractivity contribution < 1.29 is 8.98 Å². The lowest BCUT2D eigenvalue weighted by Gasteiger charge is -2.21. The van der Waals surface area contributed by atoms with Crippen molar-refractivity contribution in [3.05, 3.63) is 126 Å². The topological polar surface area (TPSA) is 39.8 Å². The summed E-state index contributed by atoms with van der Waals surface area (Å²) in [5, 5.41) is 3.24. The smallest absolute Gasteiger partial charge is 0.299 e. The van der Waals surface area contributed by atoms with E-state index in [4.69, 9.17) is 9.40 Å². The quantitative estimate of drug-likeness (QED) is 0.173. The molecule has 4 heterocycles. The van der Waals surface area contributed by atoms with Crippen molar-refractivity contribution in [3.8, 4) is 28.2 Å². The van der Waals surface area contributed by atoms with Crippen LogP contribution in [0, 0.1) is 6.92 Å². The second-order valence-corrected chi connectivity index (χ2v) is 14.4. The van der Waals surface area contributed by atoms with Crippen molar-refractivity contribution in [2.45, 2.75) is 46.5 Å². The third kappa shape index (κ3) is 4.32. The molecule has 0 unspecified atom stereocenters. The summed E-state index contributed by atoms with van der Waals surface area (Å²) in [6.07, 6.45) is 0. The highest BCUT2D eigenvalue weighted by molar-refractivity contribution is 6.15. The first-order chi connectivity index (χ1) is 24.2. The van der Waals surface area contributed by atoms with E-state index in [1.807, 2.05) is 0 Å². The average molecular weight is 654 g/mol. The number of imidazole rings is 1. The number of pyridine rings is 1. The fraction of sp³-hybridized carbons (Fsp3) is 0.200. The maximum Gasteiger partial charge on any atom is 0.299 e. The molecular formula is C45H41N4O+. The molecule has 50 heavy (non-hydrogen) atoms. The standard InChI is InChI=1S/C45H41N4O/c1-26(2)33-23-30(29-15-9-8-10-16-29)24-34(27(3)4)42(33)49-38-20-14-13-19-37(38)48(7)45(49)40-28(5)21-22-31-35-25-39-41(46-44(35)50-43(31)40)32-17-11-12-18-36(32)47(39)6/h8-27H,1-7H3/q+1. The molecule has 0 saturated heterocycles. The van der Waals surface area contributed by atoms with E-state index in [9.17, 15) is 0 Å². The number of benzene rings is 5. The molecule has 4 aromatic heterocycles. The van der Waals surface area contributed by atoms with Crippen molar-refractivity contribution in [2.75, 3.05) is 0 Å². The number of furan rings is 1. The molecule has 0 fully saturated rings. The number of hydrogen-bond donors (Lipinski definition) is 0. The lowest BCUT2D eigenvalue weighted by Crippen LogP contribution is -2.30. The molecular weight excluding hydrogens is 613 g/mol. The normalized spacial score (nSPS) is 12.3. The van der Waals surface area contributed by atoms with Crippen LogP contribution in [0.5, 0.6) is 0 Å². The maximum atomic E-state index is 6.91. The largest absolute Gasteiger partial charge is 0.437 e. The van der Waals surface area contributed by atoms with E-state index < -0.39 is 0 Å². The Morgan fingerprint density at radius 1 is 0.660 bits per heavy atom. The number of fused-ring (bicyclic) bond motifs is 7. The van der Waals surface area contributed by atoms with Crippen LogP contribution in [0.2, 0.25) is 0 Å². The number of para-hydroxylation sites is 3. The molecule has 246 valence electrons. The maximum absolute atomic E-state index is 6.91. The van der Waals surface area contributed by atoms with E-state index in [1.165, 1.54) is 44.5 Å². The van der Waals surface area contributed by atoms with E-state index in [0.29, 0.717) is 17.5 Å². The van der Waals surface area contributed by atoms with Crippen LogP contribution < -0.4 is 4.57 Å². The monoisotopic (exact) mass is 653 g/mol. The van der Waals surface area contributed by atoms with Gasteiger partial charge < -0.3 is 8.98 Å². The van der Waals surface area contributed by atoms with Crippen LogP contribution in [0.25, 0.3) is 83.2 Å². The fourth-order valence-electron chi connectivity index (χ4n) is 8.12. The first-order valence-corrected chi connectivity index (χ1v) is 17.7. The molecule has 5 aromatic carbocycles. The van der Waals surface area contributed by atoms with Gasteiger partial charge in [-0.3, -0.25) is 0 Å². The van der Waals surface area contributed by atoms with E-state index in [1.54, 1.807) is 0 Å². The minimum atomic E-state index is 0.292.